The molecule has 1 amide bonds. The third-order valence-corrected chi connectivity index (χ3v) is 5.92. The fourth-order valence-corrected chi connectivity index (χ4v) is 4.08. The quantitative estimate of drug-likeness (QED) is 0.768. The van der Waals surface area contributed by atoms with Gasteiger partial charge >= 0.3 is 0 Å². The zero-order chi connectivity index (χ0) is 17.9. The lowest BCUT2D eigenvalue weighted by Gasteiger charge is -2.17. The fraction of sp³-hybridized carbons (Fsp3) is 0.471. The summed E-state index contributed by atoms with van der Waals surface area (Å²) in [4.78, 5) is 13.7. The van der Waals surface area contributed by atoms with Crippen LogP contribution in [0, 0.1) is 5.82 Å². The van der Waals surface area contributed by atoms with Crippen LogP contribution in [-0.4, -0.2) is 51.9 Å². The maximum atomic E-state index is 14.3. The number of amides is 1. The second kappa shape index (κ2) is 7.63. The Morgan fingerprint density at radius 1 is 1.28 bits per heavy atom. The molecule has 2 aliphatic heterocycles. The van der Waals surface area contributed by atoms with Crippen LogP contribution in [0.25, 0.3) is 0 Å². The smallest absolute Gasteiger partial charge is 0.256 e. The zero-order valence-corrected chi connectivity index (χ0v) is 14.7. The highest BCUT2D eigenvalue weighted by atomic mass is 32.2. The van der Waals surface area contributed by atoms with Crippen LogP contribution >= 0.6 is 0 Å². The Hall–Kier alpha value is -1.77. The van der Waals surface area contributed by atoms with E-state index in [4.69, 9.17) is 0 Å². The predicted octanol–water partition coefficient (Wildman–Crippen LogP) is 1.26. The monoisotopic (exact) mass is 367 g/mol. The first-order chi connectivity index (χ1) is 12.0. The van der Waals surface area contributed by atoms with Crippen LogP contribution in [-0.2, 0) is 10.0 Å². The number of nitrogens with one attached hydrogen (secondary N) is 2. The van der Waals surface area contributed by atoms with Crippen LogP contribution < -0.4 is 10.0 Å². The molecule has 136 valence electrons. The first kappa shape index (κ1) is 18.0. The van der Waals surface area contributed by atoms with Crippen molar-refractivity contribution in [1.82, 2.24) is 14.9 Å². The predicted molar refractivity (Wildman–Crippen MR) is 92.3 cm³/mol. The topological polar surface area (TPSA) is 78.5 Å². The van der Waals surface area contributed by atoms with Crippen molar-refractivity contribution in [2.24, 2.45) is 0 Å². The maximum Gasteiger partial charge on any atom is 0.256 e. The van der Waals surface area contributed by atoms with E-state index in [1.54, 1.807) is 4.90 Å². The second-order valence-electron chi connectivity index (χ2n) is 6.28. The van der Waals surface area contributed by atoms with Crippen molar-refractivity contribution in [1.29, 1.82) is 0 Å². The second-order valence-corrected chi connectivity index (χ2v) is 8.05. The molecule has 8 heteroatoms. The summed E-state index contributed by atoms with van der Waals surface area (Å²) < 4.78 is 41.5. The molecule has 0 atom stereocenters. The molecule has 0 unspecified atom stereocenters. The summed E-state index contributed by atoms with van der Waals surface area (Å²) in [5.74, 6) is -1.19. The van der Waals surface area contributed by atoms with Crippen molar-refractivity contribution >= 4 is 15.9 Å². The number of halogens is 1. The molecule has 0 radical (unpaired) electrons. The van der Waals surface area contributed by atoms with Gasteiger partial charge in [0.25, 0.3) is 5.91 Å². The highest BCUT2D eigenvalue weighted by Gasteiger charge is 2.24. The molecule has 1 saturated heterocycles. The van der Waals surface area contributed by atoms with E-state index in [2.05, 4.69) is 10.0 Å². The highest BCUT2D eigenvalue weighted by molar-refractivity contribution is 7.89. The molecule has 25 heavy (non-hydrogen) atoms. The molecule has 6 nitrogen and oxygen atoms in total. The van der Waals surface area contributed by atoms with Crippen LogP contribution in [0.2, 0.25) is 0 Å². The lowest BCUT2D eigenvalue weighted by Crippen LogP contribution is -2.30. The molecule has 2 heterocycles. The molecule has 0 aliphatic carbocycles. The van der Waals surface area contributed by atoms with Crippen LogP contribution in [0.1, 0.15) is 29.6 Å². The summed E-state index contributed by atoms with van der Waals surface area (Å²) in [6, 6.07) is 3.46. The van der Waals surface area contributed by atoms with Crippen molar-refractivity contribution in [2.75, 3.05) is 32.7 Å². The minimum Gasteiger partial charge on any atom is -0.339 e. The number of rotatable bonds is 5. The van der Waals surface area contributed by atoms with E-state index in [0.717, 1.165) is 44.0 Å². The van der Waals surface area contributed by atoms with Gasteiger partial charge in [-0.15, -0.1) is 0 Å². The molecule has 3 rings (SSSR count). The van der Waals surface area contributed by atoms with Gasteiger partial charge in [-0.05, 0) is 44.0 Å². The van der Waals surface area contributed by atoms with Gasteiger partial charge in [0.05, 0.1) is 10.5 Å². The Bertz CT molecular complexity index is 786. The van der Waals surface area contributed by atoms with Gasteiger partial charge in [-0.1, -0.05) is 11.6 Å². The molecular weight excluding hydrogens is 345 g/mol. The molecule has 2 aliphatic rings. The SMILES string of the molecule is O=C(c1ccc(S(=O)(=O)NCC2=CCNCC2)cc1F)N1CCCC1. The summed E-state index contributed by atoms with van der Waals surface area (Å²) >= 11 is 0. The van der Waals surface area contributed by atoms with E-state index >= 15 is 0 Å². The first-order valence-electron chi connectivity index (χ1n) is 8.44. The average molecular weight is 367 g/mol. The van der Waals surface area contributed by atoms with Crippen molar-refractivity contribution in [2.45, 2.75) is 24.2 Å². The van der Waals surface area contributed by atoms with Crippen LogP contribution in [0.4, 0.5) is 4.39 Å². The van der Waals surface area contributed by atoms with Gasteiger partial charge in [-0.2, -0.15) is 0 Å². The zero-order valence-electron chi connectivity index (χ0n) is 13.9. The Morgan fingerprint density at radius 2 is 2.04 bits per heavy atom. The maximum absolute atomic E-state index is 14.3. The number of likely N-dealkylation sites (tertiary alicyclic amines) is 1. The van der Waals surface area contributed by atoms with Gasteiger partial charge in [0.1, 0.15) is 5.82 Å². The van der Waals surface area contributed by atoms with E-state index in [1.807, 2.05) is 6.08 Å². The summed E-state index contributed by atoms with van der Waals surface area (Å²) in [7, 11) is -3.82. The minimum atomic E-state index is -3.82. The fourth-order valence-electron chi connectivity index (χ4n) is 3.03. The Labute approximate surface area is 147 Å². The van der Waals surface area contributed by atoms with E-state index in [9.17, 15) is 17.6 Å². The summed E-state index contributed by atoms with van der Waals surface area (Å²) in [6.07, 6.45) is 4.55. The highest BCUT2D eigenvalue weighted by Crippen LogP contribution is 2.19. The third kappa shape index (κ3) is 4.26. The summed E-state index contributed by atoms with van der Waals surface area (Å²) in [6.45, 7) is 2.97. The summed E-state index contributed by atoms with van der Waals surface area (Å²) in [5.41, 5.74) is 0.922. The first-order valence-corrected chi connectivity index (χ1v) is 9.93. The normalized spacial score (nSPS) is 18.3. The van der Waals surface area contributed by atoms with Crippen LogP contribution in [0.3, 0.4) is 0 Å². The minimum absolute atomic E-state index is 0.0816. The van der Waals surface area contributed by atoms with Crippen molar-refractivity contribution in [3.8, 4) is 0 Å². The van der Waals surface area contributed by atoms with E-state index in [-0.39, 0.29) is 22.9 Å². The Morgan fingerprint density at radius 3 is 2.68 bits per heavy atom. The number of carbonyl (C=O) groups excluding carboxylic acids is 1. The molecule has 0 aromatic heterocycles. The molecule has 2 N–H and O–H groups in total. The number of sulfonamides is 1. The van der Waals surface area contributed by atoms with Gasteiger partial charge in [-0.25, -0.2) is 17.5 Å². The average Bonchev–Trinajstić information content (AvgIpc) is 3.15. The Balaban J connectivity index is 1.72. The Kier molecular flexibility index (Phi) is 5.51. The number of benzene rings is 1. The van der Waals surface area contributed by atoms with Gasteiger partial charge < -0.3 is 10.2 Å². The van der Waals surface area contributed by atoms with Gasteiger partial charge in [0, 0.05) is 26.2 Å². The number of nitrogens with zero attached hydrogens (tertiary/aromatic N) is 1. The third-order valence-electron chi connectivity index (χ3n) is 4.52. The van der Waals surface area contributed by atoms with Crippen LogP contribution in [0.15, 0.2) is 34.7 Å². The van der Waals surface area contributed by atoms with E-state index in [0.29, 0.717) is 13.1 Å². The number of carbonyl (C=O) groups is 1. The molecule has 1 fully saturated rings. The van der Waals surface area contributed by atoms with Gasteiger partial charge in [0.2, 0.25) is 10.0 Å². The molecule has 0 spiro atoms. The van der Waals surface area contributed by atoms with E-state index in [1.165, 1.54) is 12.1 Å². The van der Waals surface area contributed by atoms with E-state index < -0.39 is 15.8 Å². The number of hydrogen-bond donors (Lipinski definition) is 2. The molecule has 1 aromatic carbocycles. The standard InChI is InChI=1S/C17H22FN3O3S/c18-16-11-14(3-4-15(16)17(22)21-9-1-2-10-21)25(23,24)20-12-13-5-7-19-8-6-13/h3-5,11,19-20H,1-2,6-10,12H2. The number of hydrogen-bond acceptors (Lipinski definition) is 4. The van der Waals surface area contributed by atoms with Crippen molar-refractivity contribution in [3.05, 3.63) is 41.2 Å². The molecular formula is C17H22FN3O3S. The van der Waals surface area contributed by atoms with Crippen molar-refractivity contribution < 1.29 is 17.6 Å². The lowest BCUT2D eigenvalue weighted by molar-refractivity contribution is 0.0788. The van der Waals surface area contributed by atoms with Gasteiger partial charge in [0.15, 0.2) is 0 Å². The van der Waals surface area contributed by atoms with Crippen molar-refractivity contribution in [3.63, 3.8) is 0 Å². The summed E-state index contributed by atoms with van der Waals surface area (Å²) in [5, 5.41) is 3.15. The van der Waals surface area contributed by atoms with Crippen LogP contribution in [0.5, 0.6) is 0 Å². The largest absolute Gasteiger partial charge is 0.339 e. The molecule has 0 saturated carbocycles. The molecule has 0 bridgehead atoms. The lowest BCUT2D eigenvalue weighted by atomic mass is 10.1. The van der Waals surface area contributed by atoms with Gasteiger partial charge in [-0.3, -0.25) is 4.79 Å². The molecule has 1 aromatic rings.